The average Bonchev–Trinajstić information content (AvgIpc) is 2.25. The molecular formula is C13H15ClN2O3. The molecule has 0 unspecified atom stereocenters. The summed E-state index contributed by atoms with van der Waals surface area (Å²) in [5.41, 5.74) is 0.512. The number of carboxylic acid groups (broad SMARTS) is 1. The second-order valence-corrected chi connectivity index (χ2v) is 5.03. The molecule has 1 saturated carbocycles. The summed E-state index contributed by atoms with van der Waals surface area (Å²) < 4.78 is 0. The highest BCUT2D eigenvalue weighted by atomic mass is 35.5. The molecule has 6 heteroatoms. The lowest BCUT2D eigenvalue weighted by Crippen LogP contribution is -2.43. The zero-order valence-corrected chi connectivity index (χ0v) is 11.3. The molecule has 102 valence electrons. The standard InChI is InChI=1S/C13H15ClN2O3/c1-16(9-3-2-4-9)13(19)15-8-5-6-10(12(17)18)11(14)7-8/h5-7,9H,2-4H2,1H3,(H,15,19)(H,17,18). The molecule has 1 aromatic rings. The van der Waals surface area contributed by atoms with Crippen LogP contribution in [0.15, 0.2) is 18.2 Å². The molecule has 1 aromatic carbocycles. The van der Waals surface area contributed by atoms with Crippen molar-refractivity contribution in [1.29, 1.82) is 0 Å². The summed E-state index contributed by atoms with van der Waals surface area (Å²) in [6.07, 6.45) is 3.21. The molecule has 0 aromatic heterocycles. The van der Waals surface area contributed by atoms with Gasteiger partial charge in [0.05, 0.1) is 10.6 Å². The predicted octanol–water partition coefficient (Wildman–Crippen LogP) is 3.05. The van der Waals surface area contributed by atoms with E-state index in [1.54, 1.807) is 11.9 Å². The molecule has 19 heavy (non-hydrogen) atoms. The number of halogens is 1. The molecule has 0 radical (unpaired) electrons. The Kier molecular flexibility index (Phi) is 3.95. The van der Waals surface area contributed by atoms with Gasteiger partial charge in [0, 0.05) is 18.8 Å². The summed E-state index contributed by atoms with van der Waals surface area (Å²) in [5.74, 6) is -1.09. The molecule has 0 heterocycles. The second kappa shape index (κ2) is 5.48. The number of rotatable bonds is 3. The number of carbonyl (C=O) groups excluding carboxylic acids is 1. The maximum absolute atomic E-state index is 11.9. The molecule has 0 aliphatic heterocycles. The Hall–Kier alpha value is -1.75. The van der Waals surface area contributed by atoms with Crippen molar-refractivity contribution in [3.05, 3.63) is 28.8 Å². The molecule has 2 amide bonds. The monoisotopic (exact) mass is 282 g/mol. The smallest absolute Gasteiger partial charge is 0.337 e. The van der Waals surface area contributed by atoms with E-state index in [0.717, 1.165) is 19.3 Å². The minimum atomic E-state index is -1.09. The average molecular weight is 283 g/mol. The van der Waals surface area contributed by atoms with Crippen molar-refractivity contribution in [2.45, 2.75) is 25.3 Å². The highest BCUT2D eigenvalue weighted by Crippen LogP contribution is 2.25. The Morgan fingerprint density at radius 3 is 2.58 bits per heavy atom. The molecule has 1 aliphatic rings. The zero-order chi connectivity index (χ0) is 14.0. The highest BCUT2D eigenvalue weighted by molar-refractivity contribution is 6.33. The largest absolute Gasteiger partial charge is 0.478 e. The Bertz CT molecular complexity index is 515. The third-order valence-corrected chi connectivity index (χ3v) is 3.71. The first-order valence-corrected chi connectivity index (χ1v) is 6.43. The summed E-state index contributed by atoms with van der Waals surface area (Å²) >= 11 is 5.84. The number of amides is 2. The lowest BCUT2D eigenvalue weighted by molar-refractivity contribution is 0.0697. The van der Waals surface area contributed by atoms with Gasteiger partial charge in [-0.1, -0.05) is 11.6 Å². The van der Waals surface area contributed by atoms with Crippen LogP contribution >= 0.6 is 11.6 Å². The molecule has 1 fully saturated rings. The van der Waals surface area contributed by atoms with E-state index in [4.69, 9.17) is 16.7 Å². The number of urea groups is 1. The fourth-order valence-electron chi connectivity index (χ4n) is 1.92. The van der Waals surface area contributed by atoms with Gasteiger partial charge in [0.15, 0.2) is 0 Å². The first-order chi connectivity index (χ1) is 8.99. The minimum Gasteiger partial charge on any atom is -0.478 e. The third-order valence-electron chi connectivity index (χ3n) is 3.39. The SMILES string of the molecule is CN(C(=O)Nc1ccc(C(=O)O)c(Cl)c1)C1CCC1. The van der Waals surface area contributed by atoms with Gasteiger partial charge in [-0.05, 0) is 37.5 Å². The second-order valence-electron chi connectivity index (χ2n) is 4.63. The number of hydrogen-bond acceptors (Lipinski definition) is 2. The van der Waals surface area contributed by atoms with Gasteiger partial charge >= 0.3 is 12.0 Å². The number of nitrogens with zero attached hydrogens (tertiary/aromatic N) is 1. The molecule has 0 bridgehead atoms. The van der Waals surface area contributed by atoms with E-state index in [2.05, 4.69) is 5.32 Å². The van der Waals surface area contributed by atoms with Gasteiger partial charge in [-0.15, -0.1) is 0 Å². The molecule has 0 spiro atoms. The van der Waals surface area contributed by atoms with Crippen LogP contribution in [0.1, 0.15) is 29.6 Å². The van der Waals surface area contributed by atoms with Gasteiger partial charge in [-0.3, -0.25) is 0 Å². The Morgan fingerprint density at radius 1 is 1.42 bits per heavy atom. The van der Waals surface area contributed by atoms with E-state index in [1.807, 2.05) is 0 Å². The van der Waals surface area contributed by atoms with Crippen LogP contribution in [0.3, 0.4) is 0 Å². The maximum Gasteiger partial charge on any atom is 0.337 e. The fraction of sp³-hybridized carbons (Fsp3) is 0.385. The van der Waals surface area contributed by atoms with Gasteiger partial charge in [-0.2, -0.15) is 0 Å². The normalized spacial score (nSPS) is 14.6. The van der Waals surface area contributed by atoms with Gasteiger partial charge in [0.25, 0.3) is 0 Å². The summed E-state index contributed by atoms with van der Waals surface area (Å²) in [4.78, 5) is 24.4. The van der Waals surface area contributed by atoms with Crippen molar-refractivity contribution in [2.75, 3.05) is 12.4 Å². The Morgan fingerprint density at radius 2 is 2.11 bits per heavy atom. The van der Waals surface area contributed by atoms with E-state index >= 15 is 0 Å². The highest BCUT2D eigenvalue weighted by Gasteiger charge is 2.25. The predicted molar refractivity (Wildman–Crippen MR) is 72.8 cm³/mol. The zero-order valence-electron chi connectivity index (χ0n) is 10.5. The van der Waals surface area contributed by atoms with E-state index in [-0.39, 0.29) is 16.6 Å². The Balaban J connectivity index is 2.04. The number of benzene rings is 1. The van der Waals surface area contributed by atoms with Crippen LogP contribution in [0.25, 0.3) is 0 Å². The number of anilines is 1. The van der Waals surface area contributed by atoms with E-state index in [9.17, 15) is 9.59 Å². The lowest BCUT2D eigenvalue weighted by atomic mass is 9.92. The number of nitrogens with one attached hydrogen (secondary N) is 1. The van der Waals surface area contributed by atoms with E-state index in [0.29, 0.717) is 11.7 Å². The number of carbonyl (C=O) groups is 2. The van der Waals surface area contributed by atoms with Crippen LogP contribution in [0.5, 0.6) is 0 Å². The van der Waals surface area contributed by atoms with Crippen molar-refractivity contribution < 1.29 is 14.7 Å². The van der Waals surface area contributed by atoms with Crippen molar-refractivity contribution in [1.82, 2.24) is 4.90 Å². The van der Waals surface area contributed by atoms with Gasteiger partial charge in [0.2, 0.25) is 0 Å². The van der Waals surface area contributed by atoms with Crippen LogP contribution in [0.4, 0.5) is 10.5 Å². The summed E-state index contributed by atoms with van der Waals surface area (Å²) in [7, 11) is 1.76. The number of carboxylic acids is 1. The van der Waals surface area contributed by atoms with Crippen LogP contribution in [-0.4, -0.2) is 35.1 Å². The van der Waals surface area contributed by atoms with Crippen LogP contribution in [0.2, 0.25) is 5.02 Å². The third kappa shape index (κ3) is 2.98. The minimum absolute atomic E-state index is 0.0204. The first-order valence-electron chi connectivity index (χ1n) is 6.05. The van der Waals surface area contributed by atoms with Gasteiger partial charge < -0.3 is 15.3 Å². The lowest BCUT2D eigenvalue weighted by Gasteiger charge is -2.34. The molecule has 2 N–H and O–H groups in total. The van der Waals surface area contributed by atoms with Crippen molar-refractivity contribution >= 4 is 29.3 Å². The number of hydrogen-bond donors (Lipinski definition) is 2. The molecule has 2 rings (SSSR count). The summed E-state index contributed by atoms with van der Waals surface area (Å²) in [6, 6.07) is 4.45. The van der Waals surface area contributed by atoms with Gasteiger partial charge in [0.1, 0.15) is 0 Å². The number of aromatic carboxylic acids is 1. The van der Waals surface area contributed by atoms with Crippen LogP contribution in [0, 0.1) is 0 Å². The summed E-state index contributed by atoms with van der Waals surface area (Å²) in [6.45, 7) is 0. The Labute approximate surface area is 116 Å². The van der Waals surface area contributed by atoms with Crippen molar-refractivity contribution in [3.63, 3.8) is 0 Å². The van der Waals surface area contributed by atoms with Crippen LogP contribution < -0.4 is 5.32 Å². The van der Waals surface area contributed by atoms with E-state index < -0.39 is 5.97 Å². The van der Waals surface area contributed by atoms with Crippen molar-refractivity contribution in [3.8, 4) is 0 Å². The van der Waals surface area contributed by atoms with Gasteiger partial charge in [-0.25, -0.2) is 9.59 Å². The topological polar surface area (TPSA) is 69.6 Å². The fourth-order valence-corrected chi connectivity index (χ4v) is 2.18. The first kappa shape index (κ1) is 13.7. The molecule has 0 atom stereocenters. The maximum atomic E-state index is 11.9. The molecule has 1 aliphatic carbocycles. The molecular weight excluding hydrogens is 268 g/mol. The molecule has 0 saturated heterocycles. The quantitative estimate of drug-likeness (QED) is 0.895. The van der Waals surface area contributed by atoms with E-state index in [1.165, 1.54) is 18.2 Å². The molecule has 5 nitrogen and oxygen atoms in total. The van der Waals surface area contributed by atoms with Crippen LogP contribution in [-0.2, 0) is 0 Å². The summed E-state index contributed by atoms with van der Waals surface area (Å²) in [5, 5.41) is 11.7. The van der Waals surface area contributed by atoms with Crippen molar-refractivity contribution in [2.24, 2.45) is 0 Å².